The third kappa shape index (κ3) is 2.75. The first-order valence-electron chi connectivity index (χ1n) is 7.33. The zero-order valence-corrected chi connectivity index (χ0v) is 13.1. The number of esters is 1. The molecule has 1 aromatic heterocycles. The maximum absolute atomic E-state index is 12.5. The molecular weight excluding hydrogens is 292 g/mol. The maximum atomic E-state index is 12.5. The maximum Gasteiger partial charge on any atom is 0.338 e. The van der Waals surface area contributed by atoms with Crippen LogP contribution in [0.25, 0.3) is 0 Å². The number of allylic oxidation sites excluding steroid dienone is 1. The van der Waals surface area contributed by atoms with Gasteiger partial charge in [0, 0.05) is 5.70 Å². The Morgan fingerprint density at radius 3 is 2.83 bits per heavy atom. The highest BCUT2D eigenvalue weighted by molar-refractivity contribution is 5.92. The Kier molecular flexibility index (Phi) is 3.97. The molecule has 1 aliphatic heterocycles. The largest absolute Gasteiger partial charge is 0.458 e. The minimum absolute atomic E-state index is 0.167. The van der Waals surface area contributed by atoms with Crippen molar-refractivity contribution >= 4 is 11.9 Å². The number of nitrogens with zero attached hydrogens (tertiary/aromatic N) is 3. The van der Waals surface area contributed by atoms with Gasteiger partial charge in [-0.15, -0.1) is 0 Å². The third-order valence-corrected chi connectivity index (χ3v) is 3.74. The van der Waals surface area contributed by atoms with E-state index in [2.05, 4.69) is 22.0 Å². The topological polar surface area (TPSA) is 69.0 Å². The van der Waals surface area contributed by atoms with E-state index in [1.54, 1.807) is 10.8 Å². The summed E-state index contributed by atoms with van der Waals surface area (Å²) >= 11 is 0. The molecule has 2 heterocycles. The number of carbonyl (C=O) groups excluding carboxylic acids is 1. The lowest BCUT2D eigenvalue weighted by Crippen LogP contribution is -2.29. The molecule has 2 aromatic rings. The normalized spacial score (nSPS) is 16.5. The van der Waals surface area contributed by atoms with Crippen LogP contribution in [0.2, 0.25) is 0 Å². The Labute approximate surface area is 134 Å². The summed E-state index contributed by atoms with van der Waals surface area (Å²) < 4.78 is 6.95. The molecule has 0 saturated heterocycles. The second-order valence-electron chi connectivity index (χ2n) is 5.39. The lowest BCUT2D eigenvalue weighted by molar-refractivity contribution is -0.138. The zero-order chi connectivity index (χ0) is 16.4. The molecule has 0 spiro atoms. The summed E-state index contributed by atoms with van der Waals surface area (Å²) in [5.41, 5.74) is 3.34. The van der Waals surface area contributed by atoms with Gasteiger partial charge in [0.1, 0.15) is 19.0 Å². The monoisotopic (exact) mass is 310 g/mol. The molecule has 23 heavy (non-hydrogen) atoms. The molecule has 1 N–H and O–H groups in total. The second-order valence-corrected chi connectivity index (χ2v) is 5.39. The Hall–Kier alpha value is -2.89. The Morgan fingerprint density at radius 2 is 2.13 bits per heavy atom. The predicted octanol–water partition coefficient (Wildman–Crippen LogP) is 2.60. The molecule has 118 valence electrons. The van der Waals surface area contributed by atoms with Gasteiger partial charge in [0.05, 0.1) is 5.57 Å². The van der Waals surface area contributed by atoms with Crippen LogP contribution in [0.1, 0.15) is 24.1 Å². The van der Waals surface area contributed by atoms with Crippen molar-refractivity contribution in [3.05, 3.63) is 65.6 Å². The van der Waals surface area contributed by atoms with E-state index in [9.17, 15) is 4.79 Å². The highest BCUT2D eigenvalue weighted by Gasteiger charge is 2.34. The number of aryl methyl sites for hydroxylation is 1. The lowest BCUT2D eigenvalue weighted by Gasteiger charge is -2.28. The van der Waals surface area contributed by atoms with Crippen LogP contribution in [-0.4, -0.2) is 27.3 Å². The van der Waals surface area contributed by atoms with Gasteiger partial charge in [0.2, 0.25) is 5.95 Å². The van der Waals surface area contributed by atoms with Crippen LogP contribution in [0.4, 0.5) is 5.95 Å². The number of ether oxygens (including phenoxy) is 1. The van der Waals surface area contributed by atoms with Crippen molar-refractivity contribution < 1.29 is 9.53 Å². The molecular formula is C17H18N4O2. The van der Waals surface area contributed by atoms with Crippen molar-refractivity contribution in [1.82, 2.24) is 14.8 Å². The van der Waals surface area contributed by atoms with Crippen molar-refractivity contribution in [1.29, 1.82) is 0 Å². The summed E-state index contributed by atoms with van der Waals surface area (Å²) in [6.07, 6.45) is 3.01. The van der Waals surface area contributed by atoms with Crippen LogP contribution in [-0.2, 0) is 9.53 Å². The SMILES string of the molecule is C=CCOC(=O)C1=C(C)Nc2ncnn2C1c1ccc(C)cc1. The van der Waals surface area contributed by atoms with Gasteiger partial charge in [-0.1, -0.05) is 42.5 Å². The van der Waals surface area contributed by atoms with E-state index < -0.39 is 0 Å². The minimum atomic E-state index is -0.387. The van der Waals surface area contributed by atoms with Gasteiger partial charge >= 0.3 is 5.97 Å². The quantitative estimate of drug-likeness (QED) is 0.694. The third-order valence-electron chi connectivity index (χ3n) is 3.74. The van der Waals surface area contributed by atoms with Crippen molar-refractivity contribution in [3.63, 3.8) is 0 Å². The first kappa shape index (κ1) is 15.0. The van der Waals surface area contributed by atoms with Crippen LogP contribution >= 0.6 is 0 Å². The molecule has 3 rings (SSSR count). The summed E-state index contributed by atoms with van der Waals surface area (Å²) in [5.74, 6) is 0.218. The molecule has 1 aromatic carbocycles. The summed E-state index contributed by atoms with van der Waals surface area (Å²) in [4.78, 5) is 16.7. The molecule has 1 aliphatic rings. The van der Waals surface area contributed by atoms with Crippen LogP contribution in [0, 0.1) is 6.92 Å². The first-order chi connectivity index (χ1) is 11.1. The summed E-state index contributed by atoms with van der Waals surface area (Å²) in [6, 6.07) is 7.63. The standard InChI is InChI=1S/C17H18N4O2/c1-4-9-23-16(22)14-12(3)20-17-18-10-19-21(17)15(14)13-7-5-11(2)6-8-13/h4-8,10,15H,1,9H2,2-3H3,(H,18,19,20). The Morgan fingerprint density at radius 1 is 1.39 bits per heavy atom. The fraction of sp³-hybridized carbons (Fsp3) is 0.235. The van der Waals surface area contributed by atoms with Crippen molar-refractivity contribution in [2.75, 3.05) is 11.9 Å². The van der Waals surface area contributed by atoms with Crippen LogP contribution in [0.3, 0.4) is 0 Å². The summed E-state index contributed by atoms with van der Waals surface area (Å²) in [6.45, 7) is 7.60. The van der Waals surface area contributed by atoms with Crippen molar-refractivity contribution in [3.8, 4) is 0 Å². The number of carbonyl (C=O) groups is 1. The van der Waals surface area contributed by atoms with Gasteiger partial charge in [-0.25, -0.2) is 9.48 Å². The fourth-order valence-electron chi connectivity index (χ4n) is 2.62. The molecule has 0 radical (unpaired) electrons. The van der Waals surface area contributed by atoms with Gasteiger partial charge in [-0.3, -0.25) is 0 Å². The van der Waals surface area contributed by atoms with E-state index in [1.165, 1.54) is 6.33 Å². The number of hydrogen-bond acceptors (Lipinski definition) is 5. The van der Waals surface area contributed by atoms with Crippen molar-refractivity contribution in [2.45, 2.75) is 19.9 Å². The molecule has 0 bridgehead atoms. The predicted molar refractivity (Wildman–Crippen MR) is 86.8 cm³/mol. The van der Waals surface area contributed by atoms with Gasteiger partial charge in [0.15, 0.2) is 0 Å². The van der Waals surface area contributed by atoms with E-state index in [0.29, 0.717) is 17.2 Å². The van der Waals surface area contributed by atoms with Crippen LogP contribution in [0.15, 0.2) is 54.5 Å². The number of rotatable bonds is 4. The molecule has 1 unspecified atom stereocenters. The molecule has 0 aliphatic carbocycles. The number of fused-ring (bicyclic) bond motifs is 1. The van der Waals surface area contributed by atoms with E-state index in [0.717, 1.165) is 11.1 Å². The number of aromatic nitrogens is 3. The zero-order valence-electron chi connectivity index (χ0n) is 13.1. The first-order valence-corrected chi connectivity index (χ1v) is 7.33. The highest BCUT2D eigenvalue weighted by Crippen LogP contribution is 2.35. The van der Waals surface area contributed by atoms with Crippen molar-refractivity contribution in [2.24, 2.45) is 0 Å². The van der Waals surface area contributed by atoms with E-state index in [1.807, 2.05) is 38.1 Å². The average molecular weight is 310 g/mol. The van der Waals surface area contributed by atoms with Gasteiger partial charge in [0.25, 0.3) is 0 Å². The highest BCUT2D eigenvalue weighted by atomic mass is 16.5. The van der Waals surface area contributed by atoms with Crippen LogP contribution in [0.5, 0.6) is 0 Å². The summed E-state index contributed by atoms with van der Waals surface area (Å²) in [7, 11) is 0. The molecule has 1 atom stereocenters. The Balaban J connectivity index is 2.08. The molecule has 0 fully saturated rings. The second kappa shape index (κ2) is 6.08. The van der Waals surface area contributed by atoms with Gasteiger partial charge in [-0.05, 0) is 19.4 Å². The van der Waals surface area contributed by atoms with E-state index in [-0.39, 0.29) is 18.6 Å². The summed E-state index contributed by atoms with van der Waals surface area (Å²) in [5, 5.41) is 7.37. The minimum Gasteiger partial charge on any atom is -0.458 e. The van der Waals surface area contributed by atoms with E-state index >= 15 is 0 Å². The molecule has 6 nitrogen and oxygen atoms in total. The molecule has 0 amide bonds. The van der Waals surface area contributed by atoms with Gasteiger partial charge in [-0.2, -0.15) is 10.1 Å². The smallest absolute Gasteiger partial charge is 0.338 e. The lowest BCUT2D eigenvalue weighted by atomic mass is 9.95. The number of hydrogen-bond donors (Lipinski definition) is 1. The average Bonchev–Trinajstić information content (AvgIpc) is 3.00. The van der Waals surface area contributed by atoms with E-state index in [4.69, 9.17) is 4.74 Å². The molecule has 6 heteroatoms. The van der Waals surface area contributed by atoms with Crippen LogP contribution < -0.4 is 5.32 Å². The van der Waals surface area contributed by atoms with Gasteiger partial charge < -0.3 is 10.1 Å². The number of anilines is 1. The Bertz CT molecular complexity index is 774. The number of benzene rings is 1. The molecule has 0 saturated carbocycles. The number of nitrogens with one attached hydrogen (secondary N) is 1. The fourth-order valence-corrected chi connectivity index (χ4v) is 2.62.